The first kappa shape index (κ1) is 15.1. The van der Waals surface area contributed by atoms with E-state index in [9.17, 15) is 0 Å². The predicted octanol–water partition coefficient (Wildman–Crippen LogP) is 1.49. The SMILES string of the molecule is CCC(C)(CN)N(C)Cc1ncnn1CC(C)C. The Morgan fingerprint density at radius 3 is 2.67 bits per heavy atom. The molecule has 1 rings (SSSR count). The molecular formula is C13H27N5. The van der Waals surface area contributed by atoms with Gasteiger partial charge in [0.15, 0.2) is 0 Å². The summed E-state index contributed by atoms with van der Waals surface area (Å²) >= 11 is 0. The Morgan fingerprint density at radius 2 is 2.17 bits per heavy atom. The standard InChI is InChI=1S/C13H27N5/c1-6-13(4,9-14)17(5)8-12-15-10-16-18(12)7-11(2)3/h10-11H,6-9,14H2,1-5H3. The zero-order valence-electron chi connectivity index (χ0n) is 12.3. The molecule has 18 heavy (non-hydrogen) atoms. The third kappa shape index (κ3) is 3.53. The summed E-state index contributed by atoms with van der Waals surface area (Å²) in [4.78, 5) is 6.63. The molecule has 1 atom stereocenters. The minimum absolute atomic E-state index is 0.0224. The molecule has 1 aromatic heterocycles. The third-order valence-corrected chi connectivity index (χ3v) is 3.74. The van der Waals surface area contributed by atoms with E-state index < -0.39 is 0 Å². The van der Waals surface area contributed by atoms with Gasteiger partial charge in [-0.1, -0.05) is 20.8 Å². The molecule has 104 valence electrons. The molecule has 0 saturated heterocycles. The van der Waals surface area contributed by atoms with E-state index in [1.807, 2.05) is 4.68 Å². The molecule has 0 aromatic carbocycles. The largest absolute Gasteiger partial charge is 0.329 e. The molecule has 0 amide bonds. The highest BCUT2D eigenvalue weighted by atomic mass is 15.4. The van der Waals surface area contributed by atoms with Crippen molar-refractivity contribution in [2.45, 2.75) is 52.7 Å². The molecule has 0 aliphatic rings. The molecule has 5 heteroatoms. The Balaban J connectivity index is 2.75. The molecule has 1 heterocycles. The molecule has 0 saturated carbocycles. The summed E-state index contributed by atoms with van der Waals surface area (Å²) in [6.45, 7) is 11.1. The molecule has 1 unspecified atom stereocenters. The number of nitrogens with two attached hydrogens (primary N) is 1. The highest BCUT2D eigenvalue weighted by molar-refractivity contribution is 4.91. The van der Waals surface area contributed by atoms with Crippen LogP contribution in [0.15, 0.2) is 6.33 Å². The van der Waals surface area contributed by atoms with Gasteiger partial charge in [0.05, 0.1) is 6.54 Å². The second-order valence-corrected chi connectivity index (χ2v) is 5.66. The van der Waals surface area contributed by atoms with Crippen LogP contribution in [0.2, 0.25) is 0 Å². The topological polar surface area (TPSA) is 60.0 Å². The highest BCUT2D eigenvalue weighted by Gasteiger charge is 2.26. The summed E-state index contributed by atoms with van der Waals surface area (Å²) in [6, 6.07) is 0. The van der Waals surface area contributed by atoms with Crippen molar-refractivity contribution in [3.8, 4) is 0 Å². The van der Waals surface area contributed by atoms with Gasteiger partial charge in [0, 0.05) is 18.6 Å². The lowest BCUT2D eigenvalue weighted by atomic mass is 9.97. The van der Waals surface area contributed by atoms with Gasteiger partial charge in [0.25, 0.3) is 0 Å². The first-order chi connectivity index (χ1) is 8.42. The minimum atomic E-state index is 0.0224. The smallest absolute Gasteiger partial charge is 0.141 e. The summed E-state index contributed by atoms with van der Waals surface area (Å²) in [6.07, 6.45) is 2.66. The van der Waals surface area contributed by atoms with Crippen LogP contribution in [0.3, 0.4) is 0 Å². The van der Waals surface area contributed by atoms with Gasteiger partial charge in [0.1, 0.15) is 12.2 Å². The van der Waals surface area contributed by atoms with Gasteiger partial charge >= 0.3 is 0 Å². The number of nitrogens with zero attached hydrogens (tertiary/aromatic N) is 4. The molecule has 0 fully saturated rings. The van der Waals surface area contributed by atoms with Crippen LogP contribution in [-0.4, -0.2) is 38.8 Å². The van der Waals surface area contributed by atoms with Crippen LogP contribution in [0.25, 0.3) is 0 Å². The van der Waals surface area contributed by atoms with Crippen molar-refractivity contribution in [2.75, 3.05) is 13.6 Å². The minimum Gasteiger partial charge on any atom is -0.329 e. The predicted molar refractivity (Wildman–Crippen MR) is 74.1 cm³/mol. The molecule has 2 N–H and O–H groups in total. The van der Waals surface area contributed by atoms with Crippen LogP contribution < -0.4 is 5.73 Å². The van der Waals surface area contributed by atoms with E-state index in [1.165, 1.54) is 0 Å². The van der Waals surface area contributed by atoms with E-state index in [0.29, 0.717) is 12.5 Å². The van der Waals surface area contributed by atoms with Crippen LogP contribution in [-0.2, 0) is 13.1 Å². The Kier molecular flexibility index (Phi) is 5.28. The lowest BCUT2D eigenvalue weighted by Gasteiger charge is -2.37. The first-order valence-electron chi connectivity index (χ1n) is 6.71. The maximum absolute atomic E-state index is 5.88. The van der Waals surface area contributed by atoms with Crippen molar-refractivity contribution < 1.29 is 0 Å². The maximum atomic E-state index is 5.88. The van der Waals surface area contributed by atoms with E-state index in [4.69, 9.17) is 5.73 Å². The van der Waals surface area contributed by atoms with Crippen molar-refractivity contribution in [1.82, 2.24) is 19.7 Å². The van der Waals surface area contributed by atoms with Gasteiger partial charge in [-0.2, -0.15) is 5.10 Å². The Hall–Kier alpha value is -0.940. The van der Waals surface area contributed by atoms with E-state index in [2.05, 4.69) is 49.7 Å². The van der Waals surface area contributed by atoms with Crippen molar-refractivity contribution in [3.63, 3.8) is 0 Å². The van der Waals surface area contributed by atoms with Crippen molar-refractivity contribution in [3.05, 3.63) is 12.2 Å². The Labute approximate surface area is 110 Å². The zero-order chi connectivity index (χ0) is 13.8. The molecule has 5 nitrogen and oxygen atoms in total. The summed E-state index contributed by atoms with van der Waals surface area (Å²) < 4.78 is 1.99. The van der Waals surface area contributed by atoms with Crippen molar-refractivity contribution in [1.29, 1.82) is 0 Å². The summed E-state index contributed by atoms with van der Waals surface area (Å²) in [7, 11) is 2.10. The fourth-order valence-electron chi connectivity index (χ4n) is 1.88. The quantitative estimate of drug-likeness (QED) is 0.800. The van der Waals surface area contributed by atoms with Crippen LogP contribution in [0, 0.1) is 5.92 Å². The Morgan fingerprint density at radius 1 is 1.50 bits per heavy atom. The molecule has 0 bridgehead atoms. The molecule has 0 aliphatic carbocycles. The van der Waals surface area contributed by atoms with E-state index in [0.717, 1.165) is 25.3 Å². The lowest BCUT2D eigenvalue weighted by Crippen LogP contribution is -2.49. The molecule has 1 aromatic rings. The van der Waals surface area contributed by atoms with Gasteiger partial charge in [-0.15, -0.1) is 0 Å². The van der Waals surface area contributed by atoms with Gasteiger partial charge in [0.2, 0.25) is 0 Å². The van der Waals surface area contributed by atoms with Crippen LogP contribution in [0.4, 0.5) is 0 Å². The number of hydrogen-bond donors (Lipinski definition) is 1. The number of aromatic nitrogens is 3. The summed E-state index contributed by atoms with van der Waals surface area (Å²) in [5, 5.41) is 4.29. The highest BCUT2D eigenvalue weighted by Crippen LogP contribution is 2.18. The van der Waals surface area contributed by atoms with Gasteiger partial charge < -0.3 is 5.73 Å². The van der Waals surface area contributed by atoms with Crippen molar-refractivity contribution in [2.24, 2.45) is 11.7 Å². The van der Waals surface area contributed by atoms with E-state index >= 15 is 0 Å². The number of likely N-dealkylation sites (N-methyl/N-ethyl adjacent to an activating group) is 1. The summed E-state index contributed by atoms with van der Waals surface area (Å²) in [5.74, 6) is 1.59. The van der Waals surface area contributed by atoms with Gasteiger partial charge in [-0.3, -0.25) is 4.90 Å². The first-order valence-corrected chi connectivity index (χ1v) is 6.71. The third-order valence-electron chi connectivity index (χ3n) is 3.74. The van der Waals surface area contributed by atoms with Crippen molar-refractivity contribution >= 4 is 0 Å². The molecule has 0 aliphatic heterocycles. The molecule has 0 spiro atoms. The van der Waals surface area contributed by atoms with Crippen LogP contribution in [0.5, 0.6) is 0 Å². The number of hydrogen-bond acceptors (Lipinski definition) is 4. The van der Waals surface area contributed by atoms with Gasteiger partial charge in [-0.25, -0.2) is 9.67 Å². The fraction of sp³-hybridized carbons (Fsp3) is 0.846. The second kappa shape index (κ2) is 6.29. The van der Waals surface area contributed by atoms with Gasteiger partial charge in [-0.05, 0) is 26.3 Å². The monoisotopic (exact) mass is 253 g/mol. The zero-order valence-corrected chi connectivity index (χ0v) is 12.3. The molecular weight excluding hydrogens is 226 g/mol. The fourth-order valence-corrected chi connectivity index (χ4v) is 1.88. The number of rotatable bonds is 7. The van der Waals surface area contributed by atoms with Crippen LogP contribution in [0.1, 0.15) is 39.9 Å². The normalized spacial score (nSPS) is 15.3. The summed E-state index contributed by atoms with van der Waals surface area (Å²) in [5.41, 5.74) is 5.90. The van der Waals surface area contributed by atoms with E-state index in [-0.39, 0.29) is 5.54 Å². The molecule has 0 radical (unpaired) electrons. The lowest BCUT2D eigenvalue weighted by molar-refractivity contribution is 0.126. The van der Waals surface area contributed by atoms with Crippen LogP contribution >= 0.6 is 0 Å². The Bertz CT molecular complexity index is 354. The average Bonchev–Trinajstić information content (AvgIpc) is 2.74. The van der Waals surface area contributed by atoms with E-state index in [1.54, 1.807) is 6.33 Å². The average molecular weight is 253 g/mol. The maximum Gasteiger partial charge on any atom is 0.141 e. The second-order valence-electron chi connectivity index (χ2n) is 5.66.